The summed E-state index contributed by atoms with van der Waals surface area (Å²) < 4.78 is 0. The summed E-state index contributed by atoms with van der Waals surface area (Å²) >= 11 is 5.82. The highest BCUT2D eigenvalue weighted by Gasteiger charge is 2.08. The van der Waals surface area contributed by atoms with Crippen LogP contribution in [0.1, 0.15) is 32.1 Å². The monoisotopic (exact) mass is 154 g/mol. The van der Waals surface area contributed by atoms with Crippen molar-refractivity contribution in [1.82, 2.24) is 0 Å². The van der Waals surface area contributed by atoms with Gasteiger partial charge < -0.3 is 0 Å². The molecule has 0 saturated heterocycles. The summed E-state index contributed by atoms with van der Waals surface area (Å²) in [5.74, 6) is 0. The zero-order valence-corrected chi connectivity index (χ0v) is 6.47. The molecule has 0 spiro atoms. The fraction of sp³-hybridized carbons (Fsp3) is 1.00. The maximum absolute atomic E-state index is 5.82. The minimum atomic E-state index is 0. The van der Waals surface area contributed by atoms with Crippen LogP contribution in [0.2, 0.25) is 0 Å². The molecule has 1 saturated carbocycles. The predicted molar refractivity (Wildman–Crippen MR) is 40.0 cm³/mol. The van der Waals surface area contributed by atoms with Crippen molar-refractivity contribution in [1.29, 1.82) is 0 Å². The van der Waals surface area contributed by atoms with Gasteiger partial charge in [0.05, 0.1) is 0 Å². The van der Waals surface area contributed by atoms with Crippen molar-refractivity contribution in [2.24, 2.45) is 0 Å². The van der Waals surface area contributed by atoms with Gasteiger partial charge in [-0.05, 0) is 12.8 Å². The average molecular weight is 155 g/mol. The molecule has 0 aromatic rings. The van der Waals surface area contributed by atoms with E-state index in [1.165, 1.54) is 32.1 Å². The van der Waals surface area contributed by atoms with Crippen LogP contribution in [0, 0.1) is 0 Å². The number of hydrogen-bond acceptors (Lipinski definition) is 0. The molecule has 0 nitrogen and oxygen atoms in total. The molecule has 1 rings (SSSR count). The molecule has 0 heterocycles. The largest absolute Gasteiger partial charge is 0.147 e. The lowest BCUT2D eigenvalue weighted by molar-refractivity contribution is 0.511. The highest BCUT2D eigenvalue weighted by atomic mass is 35.5. The Bertz CT molecular complexity index is 48.5. The van der Waals surface area contributed by atoms with Crippen LogP contribution in [-0.2, 0) is 0 Å². The van der Waals surface area contributed by atoms with E-state index in [-0.39, 0.29) is 12.4 Å². The highest BCUT2D eigenvalue weighted by Crippen LogP contribution is 2.21. The van der Waals surface area contributed by atoms with Crippen molar-refractivity contribution in [2.75, 3.05) is 0 Å². The van der Waals surface area contributed by atoms with Crippen molar-refractivity contribution < 1.29 is 0 Å². The summed E-state index contributed by atoms with van der Waals surface area (Å²) in [5.41, 5.74) is 0. The first-order chi connectivity index (χ1) is 3.39. The Morgan fingerprint density at radius 2 is 1.50 bits per heavy atom. The van der Waals surface area contributed by atoms with Gasteiger partial charge in [0.25, 0.3) is 0 Å². The van der Waals surface area contributed by atoms with Crippen LogP contribution in [0.5, 0.6) is 0 Å². The Balaban J connectivity index is 0.000000490. The van der Waals surface area contributed by atoms with Crippen molar-refractivity contribution in [3.05, 3.63) is 0 Å². The van der Waals surface area contributed by atoms with Crippen LogP contribution in [0.4, 0.5) is 0 Å². The molecule has 0 N–H and O–H groups in total. The van der Waals surface area contributed by atoms with Gasteiger partial charge in [-0.1, -0.05) is 19.3 Å². The van der Waals surface area contributed by atoms with Gasteiger partial charge >= 0.3 is 0 Å². The minimum absolute atomic E-state index is 0. The zero-order chi connectivity index (χ0) is 5.11. The van der Waals surface area contributed by atoms with Crippen LogP contribution >= 0.6 is 24.0 Å². The summed E-state index contributed by atoms with van der Waals surface area (Å²) in [6.45, 7) is 0. The fourth-order valence-corrected chi connectivity index (χ4v) is 1.36. The lowest BCUT2D eigenvalue weighted by atomic mass is 10.0. The third-order valence-corrected chi connectivity index (χ3v) is 1.97. The molecular formula is C6H12Cl2. The summed E-state index contributed by atoms with van der Waals surface area (Å²) in [6, 6.07) is 0. The van der Waals surface area contributed by atoms with Crippen LogP contribution in [0.25, 0.3) is 0 Å². The smallest absolute Gasteiger partial charge is 0.0336 e. The third kappa shape index (κ3) is 2.78. The SMILES string of the molecule is Cl.ClC1CCCCC1. The zero-order valence-electron chi connectivity index (χ0n) is 4.90. The lowest BCUT2D eigenvalue weighted by Gasteiger charge is -2.13. The molecule has 0 atom stereocenters. The topological polar surface area (TPSA) is 0 Å². The fourth-order valence-electron chi connectivity index (χ4n) is 1.05. The van der Waals surface area contributed by atoms with Crippen molar-refractivity contribution in [3.8, 4) is 0 Å². The van der Waals surface area contributed by atoms with E-state index in [0.717, 1.165) is 0 Å². The summed E-state index contributed by atoms with van der Waals surface area (Å²) in [4.78, 5) is 0. The van der Waals surface area contributed by atoms with Crippen LogP contribution in [-0.4, -0.2) is 5.38 Å². The van der Waals surface area contributed by atoms with Crippen molar-refractivity contribution in [2.45, 2.75) is 37.5 Å². The summed E-state index contributed by atoms with van der Waals surface area (Å²) in [7, 11) is 0. The van der Waals surface area contributed by atoms with Crippen LogP contribution in [0.15, 0.2) is 0 Å². The second-order valence-corrected chi connectivity index (χ2v) is 2.85. The van der Waals surface area contributed by atoms with E-state index < -0.39 is 0 Å². The molecule has 50 valence electrons. The van der Waals surface area contributed by atoms with E-state index in [4.69, 9.17) is 11.6 Å². The number of hydrogen-bond donors (Lipinski definition) is 0. The van der Waals surface area contributed by atoms with Gasteiger partial charge in [-0.25, -0.2) is 0 Å². The Hall–Kier alpha value is 0.580. The first-order valence-corrected chi connectivity index (χ1v) is 3.47. The molecule has 2 heteroatoms. The van der Waals surface area contributed by atoms with Gasteiger partial charge in [0, 0.05) is 5.38 Å². The average Bonchev–Trinajstić information content (AvgIpc) is 1.69. The van der Waals surface area contributed by atoms with E-state index in [9.17, 15) is 0 Å². The van der Waals surface area contributed by atoms with Crippen LogP contribution < -0.4 is 0 Å². The Kier molecular flexibility index (Phi) is 4.78. The van der Waals surface area contributed by atoms with E-state index in [0.29, 0.717) is 5.38 Å². The van der Waals surface area contributed by atoms with Gasteiger partial charge in [-0.3, -0.25) is 0 Å². The Labute approximate surface area is 62.0 Å². The molecule has 8 heavy (non-hydrogen) atoms. The molecule has 0 radical (unpaired) electrons. The molecule has 1 aliphatic rings. The first kappa shape index (κ1) is 8.58. The van der Waals surface area contributed by atoms with Gasteiger partial charge in [-0.2, -0.15) is 0 Å². The molecule has 0 bridgehead atoms. The molecule has 1 fully saturated rings. The van der Waals surface area contributed by atoms with Gasteiger partial charge in [0.1, 0.15) is 0 Å². The third-order valence-electron chi connectivity index (χ3n) is 1.53. The summed E-state index contributed by atoms with van der Waals surface area (Å²) in [5, 5.41) is 0.508. The lowest BCUT2D eigenvalue weighted by Crippen LogP contribution is -2.03. The molecule has 1 aliphatic carbocycles. The van der Waals surface area contributed by atoms with Gasteiger partial charge in [0.2, 0.25) is 0 Å². The highest BCUT2D eigenvalue weighted by molar-refractivity contribution is 6.20. The number of halogens is 2. The number of rotatable bonds is 0. The van der Waals surface area contributed by atoms with Crippen molar-refractivity contribution >= 4 is 24.0 Å². The molecule has 0 amide bonds. The Morgan fingerprint density at radius 3 is 1.75 bits per heavy atom. The van der Waals surface area contributed by atoms with Gasteiger partial charge in [0.15, 0.2) is 0 Å². The maximum atomic E-state index is 5.82. The normalized spacial score (nSPS) is 22.1. The van der Waals surface area contributed by atoms with Crippen molar-refractivity contribution in [3.63, 3.8) is 0 Å². The van der Waals surface area contributed by atoms with Gasteiger partial charge in [-0.15, -0.1) is 24.0 Å². The standard InChI is InChI=1S/C6H11Cl.ClH/c7-6-4-2-1-3-5-6;/h6H,1-5H2;1H. The second kappa shape index (κ2) is 4.46. The van der Waals surface area contributed by atoms with E-state index in [1.54, 1.807) is 0 Å². The van der Waals surface area contributed by atoms with E-state index >= 15 is 0 Å². The van der Waals surface area contributed by atoms with E-state index in [2.05, 4.69) is 0 Å². The molecular weight excluding hydrogens is 143 g/mol. The Morgan fingerprint density at radius 1 is 1.00 bits per heavy atom. The predicted octanol–water partition coefficient (Wildman–Crippen LogP) is 2.98. The second-order valence-electron chi connectivity index (χ2n) is 2.24. The maximum Gasteiger partial charge on any atom is 0.0336 e. The van der Waals surface area contributed by atoms with Crippen LogP contribution in [0.3, 0.4) is 0 Å². The first-order valence-electron chi connectivity index (χ1n) is 3.03. The molecule has 0 aromatic heterocycles. The quantitative estimate of drug-likeness (QED) is 0.471. The number of alkyl halides is 1. The van der Waals surface area contributed by atoms with E-state index in [1.807, 2.05) is 0 Å². The minimum Gasteiger partial charge on any atom is -0.147 e. The summed E-state index contributed by atoms with van der Waals surface area (Å²) in [6.07, 6.45) is 6.62. The molecule has 0 aliphatic heterocycles. The molecule has 0 aromatic carbocycles. The molecule has 0 unspecified atom stereocenters.